The van der Waals surface area contributed by atoms with Gasteiger partial charge in [-0.15, -0.1) is 12.8 Å². The Morgan fingerprint density at radius 2 is 1.90 bits per heavy atom. The van der Waals surface area contributed by atoms with Gasteiger partial charge in [-0.05, 0) is 6.08 Å². The lowest BCUT2D eigenvalue weighted by Gasteiger charge is -1.86. The SMILES string of the molecule is C#CC(=C)/C=C(/C#C)C=C. The molecule has 10 heavy (non-hydrogen) atoms. The molecule has 0 aliphatic heterocycles. The minimum absolute atomic E-state index is 0.563. The highest BCUT2D eigenvalue weighted by Gasteiger charge is 1.83. The summed E-state index contributed by atoms with van der Waals surface area (Å²) in [5.41, 5.74) is 1.22. The highest BCUT2D eigenvalue weighted by molar-refractivity contribution is 5.45. The van der Waals surface area contributed by atoms with Crippen LogP contribution >= 0.6 is 0 Å². The first kappa shape index (κ1) is 8.34. The molecule has 0 rings (SSSR count). The van der Waals surface area contributed by atoms with E-state index in [1.807, 2.05) is 0 Å². The van der Waals surface area contributed by atoms with Crippen molar-refractivity contribution in [2.75, 3.05) is 0 Å². The summed E-state index contributed by atoms with van der Waals surface area (Å²) >= 11 is 0. The van der Waals surface area contributed by atoms with E-state index in [0.717, 1.165) is 0 Å². The van der Waals surface area contributed by atoms with Crippen LogP contribution < -0.4 is 0 Å². The average Bonchev–Trinajstić information content (AvgIpc) is 1.99. The van der Waals surface area contributed by atoms with Crippen LogP contribution in [0.5, 0.6) is 0 Å². The molecule has 0 aliphatic carbocycles. The fourth-order valence-corrected chi connectivity index (χ4v) is 0.389. The molecule has 0 fully saturated rings. The van der Waals surface area contributed by atoms with Crippen LogP contribution in [0.2, 0.25) is 0 Å². The minimum Gasteiger partial charge on any atom is -0.115 e. The molecule has 0 amide bonds. The summed E-state index contributed by atoms with van der Waals surface area (Å²) in [5, 5.41) is 0. The maximum Gasteiger partial charge on any atom is 0.0248 e. The van der Waals surface area contributed by atoms with Crippen LogP contribution in [0.1, 0.15) is 0 Å². The molecule has 0 nitrogen and oxygen atoms in total. The zero-order valence-electron chi connectivity index (χ0n) is 5.72. The molecule has 0 saturated carbocycles. The standard InChI is InChI=1S/C10H8/c1-5-9(4)8-10(6-2)7-3/h1-2,7-8H,3-4H2/b10-8-. The van der Waals surface area contributed by atoms with E-state index in [-0.39, 0.29) is 0 Å². The van der Waals surface area contributed by atoms with Gasteiger partial charge in [0.2, 0.25) is 0 Å². The minimum atomic E-state index is 0.563. The summed E-state index contributed by atoms with van der Waals surface area (Å²) in [6, 6.07) is 0. The summed E-state index contributed by atoms with van der Waals surface area (Å²) in [4.78, 5) is 0. The molecule has 0 atom stereocenters. The molecular formula is C10H8. The monoisotopic (exact) mass is 128 g/mol. The first-order chi connectivity index (χ1) is 4.74. The molecule has 0 bridgehead atoms. The third kappa shape index (κ3) is 2.60. The second-order valence-electron chi connectivity index (χ2n) is 1.62. The molecule has 0 radical (unpaired) electrons. The molecule has 0 aromatic rings. The van der Waals surface area contributed by atoms with E-state index in [9.17, 15) is 0 Å². The van der Waals surface area contributed by atoms with Crippen molar-refractivity contribution in [3.05, 3.63) is 36.5 Å². The molecule has 0 spiro atoms. The zero-order valence-corrected chi connectivity index (χ0v) is 5.72. The molecule has 0 aromatic carbocycles. The van der Waals surface area contributed by atoms with E-state index in [1.54, 1.807) is 12.2 Å². The van der Waals surface area contributed by atoms with Crippen LogP contribution in [0.15, 0.2) is 36.5 Å². The summed E-state index contributed by atoms with van der Waals surface area (Å²) in [5.74, 6) is 4.75. The van der Waals surface area contributed by atoms with E-state index in [2.05, 4.69) is 25.0 Å². The number of terminal acetylenes is 2. The highest BCUT2D eigenvalue weighted by atomic mass is 13.9. The molecule has 0 heterocycles. The Kier molecular flexibility index (Phi) is 3.54. The number of allylic oxidation sites excluding steroid dienone is 4. The lowest BCUT2D eigenvalue weighted by atomic mass is 10.2. The van der Waals surface area contributed by atoms with Crippen LogP contribution in [-0.4, -0.2) is 0 Å². The smallest absolute Gasteiger partial charge is 0.0248 e. The van der Waals surface area contributed by atoms with Crippen LogP contribution in [-0.2, 0) is 0 Å². The van der Waals surface area contributed by atoms with Gasteiger partial charge in [-0.1, -0.05) is 31.1 Å². The van der Waals surface area contributed by atoms with E-state index in [1.165, 1.54) is 0 Å². The van der Waals surface area contributed by atoms with Crippen molar-refractivity contribution in [3.63, 3.8) is 0 Å². The van der Waals surface area contributed by atoms with Crippen molar-refractivity contribution in [2.45, 2.75) is 0 Å². The molecule has 0 unspecified atom stereocenters. The van der Waals surface area contributed by atoms with Gasteiger partial charge in [0.25, 0.3) is 0 Å². The first-order valence-electron chi connectivity index (χ1n) is 2.71. The Hall–Kier alpha value is -1.66. The maximum absolute atomic E-state index is 5.09. The van der Waals surface area contributed by atoms with Crippen molar-refractivity contribution in [1.29, 1.82) is 0 Å². The largest absolute Gasteiger partial charge is 0.115 e. The quantitative estimate of drug-likeness (QED) is 0.393. The van der Waals surface area contributed by atoms with E-state index >= 15 is 0 Å². The lowest BCUT2D eigenvalue weighted by molar-refractivity contribution is 1.73. The van der Waals surface area contributed by atoms with Gasteiger partial charge in [0.05, 0.1) is 0 Å². The van der Waals surface area contributed by atoms with Gasteiger partial charge in [-0.2, -0.15) is 0 Å². The Balaban J connectivity index is 4.48. The van der Waals surface area contributed by atoms with E-state index in [4.69, 9.17) is 12.8 Å². The topological polar surface area (TPSA) is 0 Å². The summed E-state index contributed by atoms with van der Waals surface area (Å²) in [7, 11) is 0. The van der Waals surface area contributed by atoms with Crippen LogP contribution in [0.3, 0.4) is 0 Å². The molecule has 0 aliphatic rings. The van der Waals surface area contributed by atoms with Gasteiger partial charge >= 0.3 is 0 Å². The predicted molar refractivity (Wildman–Crippen MR) is 45.1 cm³/mol. The van der Waals surface area contributed by atoms with Crippen molar-refractivity contribution < 1.29 is 0 Å². The summed E-state index contributed by atoms with van der Waals surface area (Å²) in [6.45, 7) is 7.05. The lowest BCUT2D eigenvalue weighted by Crippen LogP contribution is -1.72. The van der Waals surface area contributed by atoms with Crippen molar-refractivity contribution in [1.82, 2.24) is 0 Å². The third-order valence-corrected chi connectivity index (χ3v) is 0.902. The summed E-state index contributed by atoms with van der Waals surface area (Å²) < 4.78 is 0. The van der Waals surface area contributed by atoms with Gasteiger partial charge in [0.1, 0.15) is 0 Å². The van der Waals surface area contributed by atoms with Crippen molar-refractivity contribution in [2.24, 2.45) is 0 Å². The molecule has 0 heteroatoms. The third-order valence-electron chi connectivity index (χ3n) is 0.902. The number of hydrogen-bond donors (Lipinski definition) is 0. The van der Waals surface area contributed by atoms with Crippen molar-refractivity contribution >= 4 is 0 Å². The molecule has 0 aromatic heterocycles. The van der Waals surface area contributed by atoms with Gasteiger partial charge in [-0.3, -0.25) is 0 Å². The molecule has 48 valence electrons. The van der Waals surface area contributed by atoms with Gasteiger partial charge in [-0.25, -0.2) is 0 Å². The second-order valence-corrected chi connectivity index (χ2v) is 1.62. The van der Waals surface area contributed by atoms with Gasteiger partial charge in [0.15, 0.2) is 0 Å². The second kappa shape index (κ2) is 4.24. The zero-order chi connectivity index (χ0) is 7.98. The fourth-order valence-electron chi connectivity index (χ4n) is 0.389. The van der Waals surface area contributed by atoms with Crippen LogP contribution in [0.25, 0.3) is 0 Å². The molecule has 0 saturated heterocycles. The van der Waals surface area contributed by atoms with Gasteiger partial charge in [0, 0.05) is 11.1 Å². The maximum atomic E-state index is 5.09. The van der Waals surface area contributed by atoms with Crippen LogP contribution in [0, 0.1) is 24.7 Å². The van der Waals surface area contributed by atoms with Crippen LogP contribution in [0.4, 0.5) is 0 Å². The predicted octanol–water partition coefficient (Wildman–Crippen LogP) is 1.92. The van der Waals surface area contributed by atoms with Crippen molar-refractivity contribution in [3.8, 4) is 24.7 Å². The fraction of sp³-hybridized carbons (Fsp3) is 0. The Bertz CT molecular complexity index is 251. The normalized spacial score (nSPS) is 9.20. The Morgan fingerprint density at radius 3 is 2.20 bits per heavy atom. The first-order valence-corrected chi connectivity index (χ1v) is 2.71. The Morgan fingerprint density at radius 1 is 1.30 bits per heavy atom. The highest BCUT2D eigenvalue weighted by Crippen LogP contribution is 1.98. The Labute approximate surface area is 62.0 Å². The number of hydrogen-bond acceptors (Lipinski definition) is 0. The average molecular weight is 128 g/mol. The van der Waals surface area contributed by atoms with E-state index < -0.39 is 0 Å². The van der Waals surface area contributed by atoms with Gasteiger partial charge < -0.3 is 0 Å². The molecule has 0 N–H and O–H groups in total. The summed E-state index contributed by atoms with van der Waals surface area (Å²) in [6.07, 6.45) is 13.3. The number of rotatable bonds is 2. The molecular weight excluding hydrogens is 120 g/mol. The van der Waals surface area contributed by atoms with E-state index in [0.29, 0.717) is 11.1 Å².